The van der Waals surface area contributed by atoms with Crippen molar-refractivity contribution in [1.82, 2.24) is 20.1 Å². The normalized spacial score (nSPS) is 27.4. The molecule has 0 spiro atoms. The Morgan fingerprint density at radius 1 is 1.68 bits per heavy atom. The summed E-state index contributed by atoms with van der Waals surface area (Å²) < 4.78 is 1.48. The first kappa shape index (κ1) is 14.1. The Balaban J connectivity index is 2.12. The van der Waals surface area contributed by atoms with Gasteiger partial charge in [-0.25, -0.2) is 9.89 Å². The molecule has 1 aromatic heterocycles. The molecule has 1 saturated carbocycles. The van der Waals surface area contributed by atoms with E-state index in [1.54, 1.807) is 14.1 Å². The molecule has 2 rings (SSSR count). The maximum atomic E-state index is 11.6. The zero-order chi connectivity index (χ0) is 14.0. The van der Waals surface area contributed by atoms with E-state index in [2.05, 4.69) is 15.5 Å². The van der Waals surface area contributed by atoms with Crippen molar-refractivity contribution >= 4 is 17.7 Å². The number of H-pyrrole nitrogens is 1. The highest BCUT2D eigenvalue weighted by Crippen LogP contribution is 2.37. The van der Waals surface area contributed by atoms with Crippen molar-refractivity contribution in [1.29, 1.82) is 0 Å². The van der Waals surface area contributed by atoms with Crippen molar-refractivity contribution in [3.8, 4) is 0 Å². The summed E-state index contributed by atoms with van der Waals surface area (Å²) in [5, 5.41) is 10.3. The fourth-order valence-corrected chi connectivity index (χ4v) is 3.78. The van der Waals surface area contributed by atoms with E-state index in [4.69, 9.17) is 5.73 Å². The molecule has 1 aliphatic rings. The van der Waals surface area contributed by atoms with Gasteiger partial charge in [-0.15, -0.1) is 5.10 Å². The number of nitrogens with two attached hydrogens (primary N) is 1. The van der Waals surface area contributed by atoms with Crippen LogP contribution in [0.1, 0.15) is 25.7 Å². The number of aromatic nitrogens is 3. The lowest BCUT2D eigenvalue weighted by atomic mass is 9.81. The third kappa shape index (κ3) is 2.69. The van der Waals surface area contributed by atoms with Gasteiger partial charge in [0.2, 0.25) is 5.91 Å². The Bertz CT molecular complexity index is 525. The van der Waals surface area contributed by atoms with Crippen LogP contribution in [0.15, 0.2) is 9.95 Å². The molecule has 4 N–H and O–H groups in total. The summed E-state index contributed by atoms with van der Waals surface area (Å²) in [6.45, 7) is 0. The highest BCUT2D eigenvalue weighted by molar-refractivity contribution is 7.99. The Labute approximate surface area is 115 Å². The molecule has 1 aromatic rings. The lowest BCUT2D eigenvalue weighted by Gasteiger charge is -2.37. The number of hydrogen-bond donors (Lipinski definition) is 3. The van der Waals surface area contributed by atoms with Gasteiger partial charge < -0.3 is 11.1 Å². The SMILES string of the molecule is CNC1(C(N)=O)CCCC(Sc2n[nH]c(=O)n2C)C1. The molecule has 19 heavy (non-hydrogen) atoms. The lowest BCUT2D eigenvalue weighted by Crippen LogP contribution is -2.57. The minimum absolute atomic E-state index is 0.225. The minimum atomic E-state index is -0.634. The van der Waals surface area contributed by atoms with Crippen molar-refractivity contribution in [3.05, 3.63) is 10.5 Å². The van der Waals surface area contributed by atoms with E-state index in [1.165, 1.54) is 16.3 Å². The molecule has 8 heteroatoms. The van der Waals surface area contributed by atoms with E-state index in [0.717, 1.165) is 19.3 Å². The quantitative estimate of drug-likeness (QED) is 0.697. The van der Waals surface area contributed by atoms with Crippen LogP contribution >= 0.6 is 11.8 Å². The zero-order valence-electron chi connectivity index (χ0n) is 11.1. The van der Waals surface area contributed by atoms with Gasteiger partial charge in [0, 0.05) is 12.3 Å². The number of hydrogen-bond acceptors (Lipinski definition) is 5. The Hall–Kier alpha value is -1.28. The second-order valence-electron chi connectivity index (χ2n) is 4.90. The number of rotatable bonds is 4. The van der Waals surface area contributed by atoms with Crippen LogP contribution in [0.3, 0.4) is 0 Å². The summed E-state index contributed by atoms with van der Waals surface area (Å²) in [5.41, 5.74) is 4.65. The first-order valence-electron chi connectivity index (χ1n) is 6.25. The molecule has 2 unspecified atom stereocenters. The van der Waals surface area contributed by atoms with Gasteiger partial charge in [0.05, 0.1) is 5.54 Å². The van der Waals surface area contributed by atoms with Gasteiger partial charge in [0.25, 0.3) is 0 Å². The summed E-state index contributed by atoms with van der Waals surface area (Å²) in [5.74, 6) is -0.309. The predicted molar refractivity (Wildman–Crippen MR) is 72.9 cm³/mol. The van der Waals surface area contributed by atoms with Crippen molar-refractivity contribution in [3.63, 3.8) is 0 Å². The fraction of sp³-hybridized carbons (Fsp3) is 0.727. The lowest BCUT2D eigenvalue weighted by molar-refractivity contribution is -0.125. The van der Waals surface area contributed by atoms with E-state index in [9.17, 15) is 9.59 Å². The van der Waals surface area contributed by atoms with Crippen molar-refractivity contribution in [2.24, 2.45) is 12.8 Å². The molecule has 0 bridgehead atoms. The molecule has 1 aliphatic carbocycles. The highest BCUT2D eigenvalue weighted by atomic mass is 32.2. The monoisotopic (exact) mass is 285 g/mol. The van der Waals surface area contributed by atoms with E-state index in [-0.39, 0.29) is 16.8 Å². The smallest absolute Gasteiger partial charge is 0.343 e. The molecule has 0 saturated heterocycles. The summed E-state index contributed by atoms with van der Waals surface area (Å²) in [6.07, 6.45) is 3.34. The maximum absolute atomic E-state index is 11.6. The number of nitrogens with zero attached hydrogens (tertiary/aromatic N) is 2. The Kier molecular flexibility index (Phi) is 4.00. The third-order valence-corrected chi connectivity index (χ3v) is 5.08. The Morgan fingerprint density at radius 2 is 2.42 bits per heavy atom. The first-order chi connectivity index (χ1) is 8.98. The molecule has 106 valence electrons. The summed E-state index contributed by atoms with van der Waals surface area (Å²) in [4.78, 5) is 23.0. The van der Waals surface area contributed by atoms with Gasteiger partial charge in [0.1, 0.15) is 0 Å². The average molecular weight is 285 g/mol. The van der Waals surface area contributed by atoms with Crippen molar-refractivity contribution < 1.29 is 4.79 Å². The molecule has 7 nitrogen and oxygen atoms in total. The van der Waals surface area contributed by atoms with Crippen LogP contribution < -0.4 is 16.7 Å². The number of carbonyl (C=O) groups is 1. The van der Waals surface area contributed by atoms with Gasteiger partial charge in [-0.2, -0.15) is 0 Å². The van der Waals surface area contributed by atoms with Crippen LogP contribution in [-0.4, -0.2) is 38.5 Å². The van der Waals surface area contributed by atoms with Crippen LogP contribution in [0, 0.1) is 0 Å². The number of aromatic amines is 1. The fourth-order valence-electron chi connectivity index (χ4n) is 2.49. The third-order valence-electron chi connectivity index (χ3n) is 3.77. The molecule has 0 aliphatic heterocycles. The minimum Gasteiger partial charge on any atom is -0.368 e. The number of amides is 1. The molecule has 1 heterocycles. The van der Waals surface area contributed by atoms with Crippen LogP contribution in [0.5, 0.6) is 0 Å². The standard InChI is InChI=1S/C11H19N5O2S/c1-13-11(8(12)17)5-3-4-7(6-11)19-10-15-14-9(18)16(10)2/h7,13H,3-6H2,1-2H3,(H2,12,17)(H,14,18). The van der Waals surface area contributed by atoms with Crippen LogP contribution in [-0.2, 0) is 11.8 Å². The molecule has 0 radical (unpaired) electrons. The summed E-state index contributed by atoms with van der Waals surface area (Å²) in [6, 6.07) is 0. The van der Waals surface area contributed by atoms with Gasteiger partial charge in [0.15, 0.2) is 5.16 Å². The zero-order valence-corrected chi connectivity index (χ0v) is 11.9. The topological polar surface area (TPSA) is 106 Å². The van der Waals surface area contributed by atoms with Gasteiger partial charge in [-0.1, -0.05) is 11.8 Å². The van der Waals surface area contributed by atoms with Crippen molar-refractivity contribution in [2.75, 3.05) is 7.05 Å². The first-order valence-corrected chi connectivity index (χ1v) is 7.13. The van der Waals surface area contributed by atoms with E-state index in [1.807, 2.05) is 0 Å². The van der Waals surface area contributed by atoms with Gasteiger partial charge in [-0.3, -0.25) is 9.36 Å². The van der Waals surface area contributed by atoms with Crippen LogP contribution in [0.4, 0.5) is 0 Å². The second kappa shape index (κ2) is 5.38. The van der Waals surface area contributed by atoms with Crippen LogP contribution in [0.25, 0.3) is 0 Å². The average Bonchev–Trinajstić information content (AvgIpc) is 2.71. The number of likely N-dealkylation sites (N-methyl/N-ethyl adjacent to an activating group) is 1. The van der Waals surface area contributed by atoms with E-state index >= 15 is 0 Å². The summed E-state index contributed by atoms with van der Waals surface area (Å²) >= 11 is 1.52. The number of nitrogens with one attached hydrogen (secondary N) is 2. The molecule has 1 fully saturated rings. The summed E-state index contributed by atoms with van der Waals surface area (Å²) in [7, 11) is 3.44. The van der Waals surface area contributed by atoms with E-state index < -0.39 is 5.54 Å². The second-order valence-corrected chi connectivity index (χ2v) is 6.17. The van der Waals surface area contributed by atoms with E-state index in [0.29, 0.717) is 11.6 Å². The van der Waals surface area contributed by atoms with Gasteiger partial charge in [-0.05, 0) is 32.7 Å². The molecule has 0 aromatic carbocycles. The predicted octanol–water partition coefficient (Wildman–Crippen LogP) is -0.413. The van der Waals surface area contributed by atoms with Crippen molar-refractivity contribution in [2.45, 2.75) is 41.6 Å². The Morgan fingerprint density at radius 3 is 2.95 bits per heavy atom. The molecule has 2 atom stereocenters. The molecular weight excluding hydrogens is 266 g/mol. The molecule has 1 amide bonds. The van der Waals surface area contributed by atoms with Crippen LogP contribution in [0.2, 0.25) is 0 Å². The van der Waals surface area contributed by atoms with Gasteiger partial charge >= 0.3 is 5.69 Å². The number of primary amides is 1. The number of thioether (sulfide) groups is 1. The maximum Gasteiger partial charge on any atom is 0.343 e. The molecular formula is C11H19N5O2S. The highest BCUT2D eigenvalue weighted by Gasteiger charge is 2.40. The number of carbonyl (C=O) groups excluding carboxylic acids is 1. The largest absolute Gasteiger partial charge is 0.368 e.